The Morgan fingerprint density at radius 2 is 1.81 bits per heavy atom. The number of hydrogen-bond donors (Lipinski definition) is 1. The summed E-state index contributed by atoms with van der Waals surface area (Å²) in [6.07, 6.45) is -0.0232. The van der Waals surface area contributed by atoms with Crippen LogP contribution < -0.4 is 10.1 Å². The molecule has 1 atom stereocenters. The fourth-order valence-electron chi connectivity index (χ4n) is 3.42. The highest BCUT2D eigenvalue weighted by molar-refractivity contribution is 5.96. The van der Waals surface area contributed by atoms with Crippen molar-refractivity contribution in [2.45, 2.75) is 33.3 Å². The Morgan fingerprint density at radius 1 is 1.15 bits per heavy atom. The summed E-state index contributed by atoms with van der Waals surface area (Å²) < 4.78 is 5.72. The summed E-state index contributed by atoms with van der Waals surface area (Å²) in [4.78, 5) is 26.4. The molecule has 1 heterocycles. The number of para-hydroxylation sites is 1. The number of nitrogens with one attached hydrogen (secondary N) is 1. The number of ether oxygens (including phenoxy) is 1. The van der Waals surface area contributed by atoms with E-state index in [2.05, 4.69) is 5.32 Å². The van der Waals surface area contributed by atoms with Gasteiger partial charge in [-0.2, -0.15) is 0 Å². The van der Waals surface area contributed by atoms with Gasteiger partial charge < -0.3 is 15.0 Å². The number of fused-ring (bicyclic) bond motifs is 1. The van der Waals surface area contributed by atoms with Crippen LogP contribution in [0.4, 0.5) is 5.69 Å². The van der Waals surface area contributed by atoms with Crippen LogP contribution in [0.5, 0.6) is 5.75 Å². The molecule has 26 heavy (non-hydrogen) atoms. The molecule has 0 aromatic heterocycles. The van der Waals surface area contributed by atoms with Gasteiger partial charge in [0.2, 0.25) is 5.91 Å². The van der Waals surface area contributed by atoms with Crippen LogP contribution in [-0.2, 0) is 16.0 Å². The van der Waals surface area contributed by atoms with Crippen LogP contribution in [-0.4, -0.2) is 36.4 Å². The Balaban J connectivity index is 1.61. The molecule has 0 saturated heterocycles. The van der Waals surface area contributed by atoms with Crippen molar-refractivity contribution in [2.24, 2.45) is 0 Å². The van der Waals surface area contributed by atoms with Gasteiger partial charge in [0, 0.05) is 19.2 Å². The molecule has 0 bridgehead atoms. The molecule has 2 amide bonds. The third kappa shape index (κ3) is 3.72. The number of likely N-dealkylation sites (N-methyl/N-ethyl adjacent to an activating group) is 1. The lowest BCUT2D eigenvalue weighted by atomic mass is 10.1. The summed E-state index contributed by atoms with van der Waals surface area (Å²) in [6, 6.07) is 11.7. The second-order valence-electron chi connectivity index (χ2n) is 6.93. The van der Waals surface area contributed by atoms with Crippen LogP contribution in [0.25, 0.3) is 0 Å². The number of benzene rings is 2. The minimum absolute atomic E-state index is 0.0121. The molecule has 1 N–H and O–H groups in total. The van der Waals surface area contributed by atoms with Crippen molar-refractivity contribution in [1.82, 2.24) is 4.90 Å². The van der Waals surface area contributed by atoms with Gasteiger partial charge in [-0.05, 0) is 43.5 Å². The fourth-order valence-corrected chi connectivity index (χ4v) is 3.42. The van der Waals surface area contributed by atoms with E-state index in [-0.39, 0.29) is 18.4 Å². The molecule has 0 aliphatic carbocycles. The Bertz CT molecular complexity index is 812. The molecule has 136 valence electrons. The predicted molar refractivity (Wildman–Crippen MR) is 101 cm³/mol. The highest BCUT2D eigenvalue weighted by Crippen LogP contribution is 2.28. The smallest absolute Gasteiger partial charge is 0.264 e. The Labute approximate surface area is 154 Å². The standard InChI is InChI=1S/C21H24N2O3/c1-13-9-14(2)20(15(3)10-13)22-19(24)12-23(4)21(25)18-11-16-7-5-6-8-17(16)26-18/h5-10,18H,11-12H2,1-4H3,(H,22,24). The first-order valence-electron chi connectivity index (χ1n) is 8.72. The van der Waals surface area contributed by atoms with Gasteiger partial charge in [-0.1, -0.05) is 35.9 Å². The van der Waals surface area contributed by atoms with Crippen molar-refractivity contribution < 1.29 is 14.3 Å². The maximum atomic E-state index is 12.6. The number of hydrogen-bond acceptors (Lipinski definition) is 3. The highest BCUT2D eigenvalue weighted by Gasteiger charge is 2.31. The molecule has 1 unspecified atom stereocenters. The van der Waals surface area contributed by atoms with Crippen LogP contribution >= 0.6 is 0 Å². The van der Waals surface area contributed by atoms with E-state index < -0.39 is 6.10 Å². The summed E-state index contributed by atoms with van der Waals surface area (Å²) in [5, 5.41) is 2.93. The second-order valence-corrected chi connectivity index (χ2v) is 6.93. The van der Waals surface area contributed by atoms with Crippen molar-refractivity contribution in [3.05, 3.63) is 58.7 Å². The van der Waals surface area contributed by atoms with Crippen molar-refractivity contribution in [1.29, 1.82) is 0 Å². The van der Waals surface area contributed by atoms with Gasteiger partial charge in [0.25, 0.3) is 5.91 Å². The lowest BCUT2D eigenvalue weighted by Crippen LogP contribution is -2.42. The summed E-state index contributed by atoms with van der Waals surface area (Å²) in [6.45, 7) is 5.95. The molecule has 0 saturated carbocycles. The van der Waals surface area contributed by atoms with E-state index in [1.54, 1.807) is 7.05 Å². The molecule has 0 fully saturated rings. The third-order valence-electron chi connectivity index (χ3n) is 4.62. The van der Waals surface area contributed by atoms with Crippen molar-refractivity contribution in [2.75, 3.05) is 18.9 Å². The number of amides is 2. The number of nitrogens with zero attached hydrogens (tertiary/aromatic N) is 1. The van der Waals surface area contributed by atoms with Gasteiger partial charge in [0.15, 0.2) is 6.10 Å². The predicted octanol–water partition coefficient (Wildman–Crippen LogP) is 3.01. The maximum Gasteiger partial charge on any atom is 0.264 e. The fraction of sp³-hybridized carbons (Fsp3) is 0.333. The SMILES string of the molecule is Cc1cc(C)c(NC(=O)CN(C)C(=O)C2Cc3ccccc3O2)c(C)c1. The largest absolute Gasteiger partial charge is 0.480 e. The molecule has 1 aliphatic rings. The van der Waals surface area contributed by atoms with E-state index >= 15 is 0 Å². The number of rotatable bonds is 4. The van der Waals surface area contributed by atoms with Gasteiger partial charge in [-0.25, -0.2) is 0 Å². The lowest BCUT2D eigenvalue weighted by Gasteiger charge is -2.21. The van der Waals surface area contributed by atoms with E-state index in [9.17, 15) is 9.59 Å². The molecular formula is C21H24N2O3. The first kappa shape index (κ1) is 18.0. The van der Waals surface area contributed by atoms with Crippen molar-refractivity contribution >= 4 is 17.5 Å². The second kappa shape index (κ2) is 7.20. The number of carbonyl (C=O) groups is 2. The van der Waals surface area contributed by atoms with Crippen LogP contribution in [0.3, 0.4) is 0 Å². The zero-order valence-corrected chi connectivity index (χ0v) is 15.6. The van der Waals surface area contributed by atoms with E-state index in [0.717, 1.165) is 33.7 Å². The van der Waals surface area contributed by atoms with Gasteiger partial charge in [0.05, 0.1) is 6.54 Å². The summed E-state index contributed by atoms with van der Waals surface area (Å²) in [5.41, 5.74) is 5.02. The quantitative estimate of drug-likeness (QED) is 0.920. The summed E-state index contributed by atoms with van der Waals surface area (Å²) >= 11 is 0. The van der Waals surface area contributed by atoms with Gasteiger partial charge >= 0.3 is 0 Å². The van der Waals surface area contributed by atoms with Crippen LogP contribution in [0.15, 0.2) is 36.4 Å². The van der Waals surface area contributed by atoms with Gasteiger partial charge in [-0.15, -0.1) is 0 Å². The molecule has 5 nitrogen and oxygen atoms in total. The van der Waals surface area contributed by atoms with E-state index in [1.165, 1.54) is 4.90 Å². The first-order valence-corrected chi connectivity index (χ1v) is 8.72. The van der Waals surface area contributed by atoms with Crippen molar-refractivity contribution in [3.63, 3.8) is 0 Å². The molecule has 2 aromatic rings. The molecule has 0 radical (unpaired) electrons. The number of aryl methyl sites for hydroxylation is 3. The zero-order chi connectivity index (χ0) is 18.8. The Morgan fingerprint density at radius 3 is 2.46 bits per heavy atom. The third-order valence-corrected chi connectivity index (χ3v) is 4.62. The van der Waals surface area contributed by atoms with E-state index in [1.807, 2.05) is 57.2 Å². The minimum Gasteiger partial charge on any atom is -0.480 e. The molecule has 1 aliphatic heterocycles. The van der Waals surface area contributed by atoms with Gasteiger partial charge in [0.1, 0.15) is 5.75 Å². The molecule has 3 rings (SSSR count). The number of carbonyl (C=O) groups excluding carboxylic acids is 2. The monoisotopic (exact) mass is 352 g/mol. The normalized spacial score (nSPS) is 15.2. The Kier molecular flexibility index (Phi) is 4.98. The summed E-state index contributed by atoms with van der Waals surface area (Å²) in [7, 11) is 1.63. The topological polar surface area (TPSA) is 58.6 Å². The van der Waals surface area contributed by atoms with E-state index in [4.69, 9.17) is 4.74 Å². The van der Waals surface area contributed by atoms with Crippen LogP contribution in [0.1, 0.15) is 22.3 Å². The molecule has 2 aromatic carbocycles. The molecular weight excluding hydrogens is 328 g/mol. The first-order chi connectivity index (χ1) is 12.3. The lowest BCUT2D eigenvalue weighted by molar-refractivity contribution is -0.139. The molecule has 5 heteroatoms. The minimum atomic E-state index is -0.562. The van der Waals surface area contributed by atoms with Gasteiger partial charge in [-0.3, -0.25) is 9.59 Å². The average Bonchev–Trinajstić information content (AvgIpc) is 3.01. The Hall–Kier alpha value is -2.82. The van der Waals surface area contributed by atoms with E-state index in [0.29, 0.717) is 6.42 Å². The van der Waals surface area contributed by atoms with Crippen molar-refractivity contribution in [3.8, 4) is 5.75 Å². The van der Waals surface area contributed by atoms with Crippen LogP contribution in [0, 0.1) is 20.8 Å². The molecule has 0 spiro atoms. The highest BCUT2D eigenvalue weighted by atomic mass is 16.5. The maximum absolute atomic E-state index is 12.6. The van der Waals surface area contributed by atoms with Crippen LogP contribution in [0.2, 0.25) is 0 Å². The zero-order valence-electron chi connectivity index (χ0n) is 15.6. The average molecular weight is 352 g/mol. The summed E-state index contributed by atoms with van der Waals surface area (Å²) in [5.74, 6) is 0.342. The number of anilines is 1.